The van der Waals surface area contributed by atoms with Gasteiger partial charge in [-0.15, -0.1) is 0 Å². The van der Waals surface area contributed by atoms with E-state index in [4.69, 9.17) is 16.3 Å². The van der Waals surface area contributed by atoms with Crippen LogP contribution in [-0.2, 0) is 9.59 Å². The lowest BCUT2D eigenvalue weighted by Gasteiger charge is -2.42. The number of hydrogen-bond acceptors (Lipinski definition) is 5. The molecule has 33 heavy (non-hydrogen) atoms. The molecule has 2 saturated heterocycles. The zero-order valence-electron chi connectivity index (χ0n) is 18.1. The van der Waals surface area contributed by atoms with Crippen LogP contribution in [0.25, 0.3) is 0 Å². The van der Waals surface area contributed by atoms with Gasteiger partial charge >= 0.3 is 0 Å². The first kappa shape index (κ1) is 21.7. The van der Waals surface area contributed by atoms with Gasteiger partial charge in [-0.05, 0) is 37.1 Å². The van der Waals surface area contributed by atoms with Crippen LogP contribution in [0.5, 0.6) is 5.75 Å². The standard InChI is InChI=1S/C24H25ClN4O4/c25-20-8-7-16(15-26-20)22(31)29-11-3-5-18(29)23(32)28-12-9-24(10-13-28)14-21(30)27-17-4-1-2-6-19(17)33-24/h1-2,4,6-8,15,18H,3,5,9-14H2,(H,27,30). The molecule has 0 aliphatic carbocycles. The Labute approximate surface area is 196 Å². The van der Waals surface area contributed by atoms with E-state index in [1.807, 2.05) is 24.3 Å². The third-order valence-electron chi connectivity index (χ3n) is 6.73. The van der Waals surface area contributed by atoms with Crippen molar-refractivity contribution >= 4 is 35.0 Å². The van der Waals surface area contributed by atoms with Crippen LogP contribution in [0.2, 0.25) is 5.15 Å². The number of hydrogen-bond donors (Lipinski definition) is 1. The molecule has 1 N–H and O–H groups in total. The Balaban J connectivity index is 1.27. The number of nitrogens with zero attached hydrogens (tertiary/aromatic N) is 3. The fraction of sp³-hybridized carbons (Fsp3) is 0.417. The fourth-order valence-corrected chi connectivity index (χ4v) is 5.09. The second-order valence-corrected chi connectivity index (χ2v) is 9.24. The molecule has 3 aliphatic rings. The quantitative estimate of drug-likeness (QED) is 0.684. The van der Waals surface area contributed by atoms with Crippen LogP contribution in [0.4, 0.5) is 5.69 Å². The van der Waals surface area contributed by atoms with Crippen LogP contribution in [-0.4, -0.2) is 63.8 Å². The Morgan fingerprint density at radius 3 is 2.67 bits per heavy atom. The molecule has 1 aromatic carbocycles. The number of amides is 3. The Kier molecular flexibility index (Phi) is 5.70. The van der Waals surface area contributed by atoms with Crippen LogP contribution in [0, 0.1) is 0 Å². The summed E-state index contributed by atoms with van der Waals surface area (Å²) in [4.78, 5) is 46.3. The van der Waals surface area contributed by atoms with E-state index in [0.717, 1.165) is 6.42 Å². The van der Waals surface area contributed by atoms with Crippen molar-refractivity contribution in [2.24, 2.45) is 0 Å². The summed E-state index contributed by atoms with van der Waals surface area (Å²) in [6.07, 6.45) is 4.23. The molecule has 0 bridgehead atoms. The summed E-state index contributed by atoms with van der Waals surface area (Å²) in [6, 6.07) is 10.1. The van der Waals surface area contributed by atoms with Gasteiger partial charge in [0.1, 0.15) is 22.5 Å². The number of ether oxygens (including phenoxy) is 1. The molecule has 0 saturated carbocycles. The lowest BCUT2D eigenvalue weighted by atomic mass is 9.87. The first-order chi connectivity index (χ1) is 15.9. The summed E-state index contributed by atoms with van der Waals surface area (Å²) in [6.45, 7) is 1.50. The van der Waals surface area contributed by atoms with Gasteiger partial charge in [-0.1, -0.05) is 23.7 Å². The first-order valence-corrected chi connectivity index (χ1v) is 11.6. The number of likely N-dealkylation sites (tertiary alicyclic amines) is 2. The minimum absolute atomic E-state index is 0.0453. The second kappa shape index (κ2) is 8.67. The second-order valence-electron chi connectivity index (χ2n) is 8.86. The average molecular weight is 469 g/mol. The van der Waals surface area contributed by atoms with Crippen LogP contribution in [0.3, 0.4) is 0 Å². The Bertz CT molecular complexity index is 1080. The maximum atomic E-state index is 13.4. The van der Waals surface area contributed by atoms with Gasteiger partial charge in [0.25, 0.3) is 5.91 Å². The van der Waals surface area contributed by atoms with Crippen molar-refractivity contribution in [2.45, 2.75) is 43.7 Å². The van der Waals surface area contributed by atoms with Gasteiger partial charge < -0.3 is 19.9 Å². The van der Waals surface area contributed by atoms with Crippen molar-refractivity contribution < 1.29 is 19.1 Å². The van der Waals surface area contributed by atoms with E-state index in [0.29, 0.717) is 61.1 Å². The number of benzene rings is 1. The number of fused-ring (bicyclic) bond motifs is 1. The van der Waals surface area contributed by atoms with Crippen molar-refractivity contribution in [3.63, 3.8) is 0 Å². The number of anilines is 1. The third kappa shape index (κ3) is 4.27. The highest BCUT2D eigenvalue weighted by molar-refractivity contribution is 6.29. The van der Waals surface area contributed by atoms with Crippen LogP contribution in [0.15, 0.2) is 42.6 Å². The molecular weight excluding hydrogens is 444 g/mol. The van der Waals surface area contributed by atoms with Crippen LogP contribution < -0.4 is 10.1 Å². The highest BCUT2D eigenvalue weighted by atomic mass is 35.5. The van der Waals surface area contributed by atoms with Gasteiger partial charge in [0, 0.05) is 38.7 Å². The predicted octanol–water partition coefficient (Wildman–Crippen LogP) is 3.12. The molecule has 3 amide bonds. The monoisotopic (exact) mass is 468 g/mol. The number of nitrogens with one attached hydrogen (secondary N) is 1. The van der Waals surface area contributed by atoms with Crippen molar-refractivity contribution in [3.8, 4) is 5.75 Å². The van der Waals surface area contributed by atoms with Crippen LogP contribution in [0.1, 0.15) is 42.5 Å². The van der Waals surface area contributed by atoms with Gasteiger partial charge in [0.05, 0.1) is 17.7 Å². The normalized spacial score (nSPS) is 21.7. The number of aromatic nitrogens is 1. The zero-order valence-corrected chi connectivity index (χ0v) is 18.9. The van der Waals surface area contributed by atoms with Gasteiger partial charge in [-0.2, -0.15) is 0 Å². The molecule has 3 aliphatic heterocycles. The van der Waals surface area contributed by atoms with Crippen molar-refractivity contribution in [1.29, 1.82) is 0 Å². The van der Waals surface area contributed by atoms with Crippen molar-refractivity contribution in [3.05, 3.63) is 53.3 Å². The lowest BCUT2D eigenvalue weighted by molar-refractivity contribution is -0.139. The number of halogens is 1. The largest absolute Gasteiger partial charge is 0.484 e. The molecule has 2 fully saturated rings. The Hall–Kier alpha value is -3.13. The highest BCUT2D eigenvalue weighted by Crippen LogP contribution is 2.38. The van der Waals surface area contributed by atoms with E-state index in [2.05, 4.69) is 10.3 Å². The van der Waals surface area contributed by atoms with E-state index in [-0.39, 0.29) is 24.1 Å². The van der Waals surface area contributed by atoms with Crippen molar-refractivity contribution in [2.75, 3.05) is 25.0 Å². The number of piperidine rings is 1. The molecule has 0 radical (unpaired) electrons. The molecule has 2 aromatic rings. The number of pyridine rings is 1. The molecule has 1 spiro atoms. The molecule has 5 rings (SSSR count). The van der Waals surface area contributed by atoms with Gasteiger partial charge in [0.2, 0.25) is 11.8 Å². The van der Waals surface area contributed by atoms with E-state index in [9.17, 15) is 14.4 Å². The average Bonchev–Trinajstić information content (AvgIpc) is 3.25. The summed E-state index contributed by atoms with van der Waals surface area (Å²) >= 11 is 5.83. The molecule has 8 nitrogen and oxygen atoms in total. The summed E-state index contributed by atoms with van der Waals surface area (Å²) < 4.78 is 6.33. The summed E-state index contributed by atoms with van der Waals surface area (Å²) in [5.74, 6) is 0.330. The van der Waals surface area contributed by atoms with E-state index in [1.54, 1.807) is 21.9 Å². The number of carbonyl (C=O) groups is 3. The van der Waals surface area contributed by atoms with Gasteiger partial charge in [0.15, 0.2) is 0 Å². The fourth-order valence-electron chi connectivity index (χ4n) is 4.97. The molecule has 1 aromatic heterocycles. The number of rotatable bonds is 2. The SMILES string of the molecule is O=C1CC2(CCN(C(=O)C3CCCN3C(=O)c3ccc(Cl)nc3)CC2)Oc2ccccc2N1. The zero-order chi connectivity index (χ0) is 23.0. The van der Waals surface area contributed by atoms with E-state index >= 15 is 0 Å². The molecular formula is C24H25ClN4O4. The molecule has 1 unspecified atom stereocenters. The summed E-state index contributed by atoms with van der Waals surface area (Å²) in [7, 11) is 0. The molecule has 172 valence electrons. The molecule has 4 heterocycles. The third-order valence-corrected chi connectivity index (χ3v) is 6.95. The Morgan fingerprint density at radius 1 is 1.12 bits per heavy atom. The first-order valence-electron chi connectivity index (χ1n) is 11.2. The summed E-state index contributed by atoms with van der Waals surface area (Å²) in [5, 5.41) is 3.23. The highest BCUT2D eigenvalue weighted by Gasteiger charge is 2.44. The van der Waals surface area contributed by atoms with Gasteiger partial charge in [-0.3, -0.25) is 14.4 Å². The summed E-state index contributed by atoms with van der Waals surface area (Å²) in [5.41, 5.74) is 0.469. The maximum Gasteiger partial charge on any atom is 0.256 e. The minimum Gasteiger partial charge on any atom is -0.484 e. The number of para-hydroxylation sites is 2. The van der Waals surface area contributed by atoms with E-state index in [1.165, 1.54) is 6.20 Å². The number of carbonyl (C=O) groups excluding carboxylic acids is 3. The lowest BCUT2D eigenvalue weighted by Crippen LogP contribution is -2.54. The van der Waals surface area contributed by atoms with Crippen LogP contribution >= 0.6 is 11.6 Å². The maximum absolute atomic E-state index is 13.4. The van der Waals surface area contributed by atoms with E-state index < -0.39 is 11.6 Å². The smallest absolute Gasteiger partial charge is 0.256 e. The molecule has 9 heteroatoms. The minimum atomic E-state index is -0.631. The van der Waals surface area contributed by atoms with Crippen molar-refractivity contribution in [1.82, 2.24) is 14.8 Å². The Morgan fingerprint density at radius 2 is 1.91 bits per heavy atom. The van der Waals surface area contributed by atoms with Gasteiger partial charge in [-0.25, -0.2) is 4.98 Å². The molecule has 1 atom stereocenters. The topological polar surface area (TPSA) is 91.8 Å². The predicted molar refractivity (Wildman–Crippen MR) is 122 cm³/mol.